The molecule has 0 saturated heterocycles. The first kappa shape index (κ1) is 27.9. The molecule has 7 nitrogen and oxygen atoms in total. The third-order valence-electron chi connectivity index (χ3n) is 5.46. The minimum atomic E-state index is -3.76. The predicted octanol–water partition coefficient (Wildman–Crippen LogP) is 4.16. The zero-order chi connectivity index (χ0) is 25.8. The fourth-order valence-electron chi connectivity index (χ4n) is 3.44. The van der Waals surface area contributed by atoms with Crippen LogP contribution < -0.4 is 9.62 Å². The summed E-state index contributed by atoms with van der Waals surface area (Å²) in [7, 11) is -3.76. The Bertz CT molecular complexity index is 1140. The topological polar surface area (TPSA) is 86.8 Å². The number of anilines is 1. The Morgan fingerprint density at radius 2 is 1.65 bits per heavy atom. The highest BCUT2D eigenvalue weighted by molar-refractivity contribution is 9.10. The summed E-state index contributed by atoms with van der Waals surface area (Å²) in [6.45, 7) is 10.7. The van der Waals surface area contributed by atoms with Gasteiger partial charge in [-0.25, -0.2) is 8.42 Å². The number of hydrogen-bond acceptors (Lipinski definition) is 4. The highest BCUT2D eigenvalue weighted by Gasteiger charge is 2.31. The Morgan fingerprint density at radius 3 is 2.18 bits per heavy atom. The molecule has 9 heteroatoms. The summed E-state index contributed by atoms with van der Waals surface area (Å²) in [4.78, 5) is 28.0. The molecule has 0 spiro atoms. The lowest BCUT2D eigenvalue weighted by Crippen LogP contribution is -2.54. The van der Waals surface area contributed by atoms with Gasteiger partial charge in [0.1, 0.15) is 12.6 Å². The average Bonchev–Trinajstić information content (AvgIpc) is 2.71. The van der Waals surface area contributed by atoms with Gasteiger partial charge in [-0.15, -0.1) is 0 Å². The molecule has 2 aromatic rings. The van der Waals surface area contributed by atoms with Crippen molar-refractivity contribution in [2.45, 2.75) is 59.7 Å². The summed E-state index contributed by atoms with van der Waals surface area (Å²) < 4.78 is 27.4. The maximum Gasteiger partial charge on any atom is 0.244 e. The van der Waals surface area contributed by atoms with Crippen molar-refractivity contribution in [3.8, 4) is 0 Å². The minimum Gasteiger partial charge on any atom is -0.350 e. The number of aryl methyl sites for hydroxylation is 1. The molecule has 0 aliphatic heterocycles. The second-order valence-electron chi connectivity index (χ2n) is 9.55. The highest BCUT2D eigenvalue weighted by Crippen LogP contribution is 2.25. The zero-order valence-corrected chi connectivity index (χ0v) is 23.2. The molecule has 0 aliphatic carbocycles. The number of amides is 2. The largest absolute Gasteiger partial charge is 0.350 e. The Morgan fingerprint density at radius 1 is 1.06 bits per heavy atom. The van der Waals surface area contributed by atoms with Crippen LogP contribution >= 0.6 is 15.9 Å². The van der Waals surface area contributed by atoms with Crippen LogP contribution in [0, 0.1) is 13.8 Å². The fourth-order valence-corrected chi connectivity index (χ4v) is 4.61. The molecule has 0 saturated carbocycles. The number of nitrogens with one attached hydrogen (secondary N) is 1. The molecule has 1 N–H and O–H groups in total. The number of halogens is 1. The van der Waals surface area contributed by atoms with E-state index < -0.39 is 34.1 Å². The van der Waals surface area contributed by atoms with Crippen LogP contribution in [0.4, 0.5) is 5.69 Å². The number of carbonyl (C=O) groups excluding carboxylic acids is 2. The summed E-state index contributed by atoms with van der Waals surface area (Å²) in [5.74, 6) is -0.776. The van der Waals surface area contributed by atoms with Crippen LogP contribution in [0.15, 0.2) is 46.9 Å². The van der Waals surface area contributed by atoms with E-state index >= 15 is 0 Å². The first-order chi connectivity index (χ1) is 15.6. The Balaban J connectivity index is 2.44. The lowest BCUT2D eigenvalue weighted by molar-refractivity contribution is -0.140. The summed E-state index contributed by atoms with van der Waals surface area (Å²) >= 11 is 3.40. The van der Waals surface area contributed by atoms with Crippen molar-refractivity contribution < 1.29 is 18.0 Å². The molecule has 0 bridgehead atoms. The monoisotopic (exact) mass is 551 g/mol. The van der Waals surface area contributed by atoms with Crippen LogP contribution in [0.3, 0.4) is 0 Å². The van der Waals surface area contributed by atoms with E-state index in [9.17, 15) is 18.0 Å². The standard InChI is InChI=1S/C25H34BrN3O4S/c1-17-9-8-10-22(18(17)2)29(34(7,32)33)16-23(30)28(15-20-11-13-21(26)14-12-20)19(3)24(31)27-25(4,5)6/h8-14,19H,15-16H2,1-7H3,(H,27,31). The average molecular weight is 553 g/mol. The Kier molecular flexibility index (Phi) is 8.93. The Labute approximate surface area is 211 Å². The van der Waals surface area contributed by atoms with Crippen LogP contribution in [0.1, 0.15) is 44.4 Å². The van der Waals surface area contributed by atoms with Crippen LogP contribution in [-0.4, -0.2) is 49.5 Å². The molecule has 2 amide bonds. The molecule has 0 radical (unpaired) electrons. The fraction of sp³-hybridized carbons (Fsp3) is 0.440. The molecule has 0 fully saturated rings. The molecular weight excluding hydrogens is 518 g/mol. The van der Waals surface area contributed by atoms with Crippen LogP contribution in [0.5, 0.6) is 0 Å². The molecule has 2 aromatic carbocycles. The van der Waals surface area contributed by atoms with E-state index in [-0.39, 0.29) is 12.5 Å². The number of benzene rings is 2. The Hall–Kier alpha value is -2.39. The molecule has 1 unspecified atom stereocenters. The predicted molar refractivity (Wildman–Crippen MR) is 140 cm³/mol. The maximum atomic E-state index is 13.6. The lowest BCUT2D eigenvalue weighted by atomic mass is 10.1. The van der Waals surface area contributed by atoms with E-state index in [2.05, 4.69) is 21.2 Å². The van der Waals surface area contributed by atoms with Gasteiger partial charge in [-0.2, -0.15) is 0 Å². The van der Waals surface area contributed by atoms with Gasteiger partial charge in [0, 0.05) is 16.6 Å². The van der Waals surface area contributed by atoms with Gasteiger partial charge in [-0.3, -0.25) is 13.9 Å². The van der Waals surface area contributed by atoms with E-state index in [1.165, 1.54) is 4.90 Å². The molecule has 186 valence electrons. The van der Waals surface area contributed by atoms with Crippen molar-refractivity contribution in [2.75, 3.05) is 17.1 Å². The van der Waals surface area contributed by atoms with Crippen molar-refractivity contribution in [1.82, 2.24) is 10.2 Å². The van der Waals surface area contributed by atoms with E-state index in [1.807, 2.05) is 65.0 Å². The molecular formula is C25H34BrN3O4S. The van der Waals surface area contributed by atoms with E-state index in [4.69, 9.17) is 0 Å². The summed E-state index contributed by atoms with van der Waals surface area (Å²) in [6, 6.07) is 12.0. The van der Waals surface area contributed by atoms with Gasteiger partial charge in [-0.05, 0) is 76.4 Å². The number of hydrogen-bond donors (Lipinski definition) is 1. The van der Waals surface area contributed by atoms with Gasteiger partial charge in [0.05, 0.1) is 11.9 Å². The number of sulfonamides is 1. The van der Waals surface area contributed by atoms with Gasteiger partial charge in [0.2, 0.25) is 21.8 Å². The van der Waals surface area contributed by atoms with Crippen LogP contribution in [0.2, 0.25) is 0 Å². The van der Waals surface area contributed by atoms with Crippen molar-refractivity contribution in [1.29, 1.82) is 0 Å². The van der Waals surface area contributed by atoms with Gasteiger partial charge in [0.25, 0.3) is 0 Å². The quantitative estimate of drug-likeness (QED) is 0.533. The smallest absolute Gasteiger partial charge is 0.244 e. The summed E-state index contributed by atoms with van der Waals surface area (Å²) in [5, 5.41) is 2.91. The highest BCUT2D eigenvalue weighted by atomic mass is 79.9. The zero-order valence-electron chi connectivity index (χ0n) is 20.8. The normalized spacial score (nSPS) is 12.7. The lowest BCUT2D eigenvalue weighted by Gasteiger charge is -2.33. The number of rotatable bonds is 8. The van der Waals surface area contributed by atoms with Crippen molar-refractivity contribution in [3.05, 3.63) is 63.6 Å². The molecule has 0 aromatic heterocycles. The minimum absolute atomic E-state index is 0.162. The molecule has 0 heterocycles. The molecule has 0 aliphatic rings. The van der Waals surface area contributed by atoms with Crippen molar-refractivity contribution >= 4 is 43.5 Å². The van der Waals surface area contributed by atoms with E-state index in [0.29, 0.717) is 5.69 Å². The van der Waals surface area contributed by atoms with E-state index in [0.717, 1.165) is 31.7 Å². The second-order valence-corrected chi connectivity index (χ2v) is 12.4. The maximum absolute atomic E-state index is 13.6. The molecule has 2 rings (SSSR count). The first-order valence-electron chi connectivity index (χ1n) is 11.0. The summed E-state index contributed by atoms with van der Waals surface area (Å²) in [5.41, 5.74) is 2.49. The van der Waals surface area contributed by atoms with Gasteiger partial charge < -0.3 is 10.2 Å². The van der Waals surface area contributed by atoms with Gasteiger partial charge in [0.15, 0.2) is 0 Å². The molecule has 1 atom stereocenters. The van der Waals surface area contributed by atoms with Gasteiger partial charge in [-0.1, -0.05) is 40.2 Å². The van der Waals surface area contributed by atoms with Crippen molar-refractivity contribution in [2.24, 2.45) is 0 Å². The molecule has 34 heavy (non-hydrogen) atoms. The summed E-state index contributed by atoms with van der Waals surface area (Å²) in [6.07, 6.45) is 1.08. The van der Waals surface area contributed by atoms with E-state index in [1.54, 1.807) is 19.1 Å². The number of nitrogens with zero attached hydrogens (tertiary/aromatic N) is 2. The first-order valence-corrected chi connectivity index (χ1v) is 13.6. The third-order valence-corrected chi connectivity index (χ3v) is 7.11. The van der Waals surface area contributed by atoms with Gasteiger partial charge >= 0.3 is 0 Å². The number of carbonyl (C=O) groups is 2. The van der Waals surface area contributed by atoms with Crippen molar-refractivity contribution in [3.63, 3.8) is 0 Å². The van der Waals surface area contributed by atoms with Crippen LogP contribution in [0.25, 0.3) is 0 Å². The third kappa shape index (κ3) is 7.56. The SMILES string of the molecule is Cc1cccc(N(CC(=O)N(Cc2ccc(Br)cc2)C(C)C(=O)NC(C)(C)C)S(C)(=O)=O)c1C. The second kappa shape index (κ2) is 10.9. The van der Waals surface area contributed by atoms with Crippen LogP contribution in [-0.2, 0) is 26.2 Å².